The van der Waals surface area contributed by atoms with Gasteiger partial charge in [-0.1, -0.05) is 0 Å². The summed E-state index contributed by atoms with van der Waals surface area (Å²) in [6.45, 7) is 5.37. The number of hydrogen-bond donors (Lipinski definition) is 2. The Labute approximate surface area is 170 Å². The van der Waals surface area contributed by atoms with E-state index in [1.807, 2.05) is 0 Å². The average Bonchev–Trinajstić information content (AvgIpc) is 2.67. The zero-order valence-corrected chi connectivity index (χ0v) is 17.5. The molecule has 8 nitrogen and oxygen atoms in total. The molecule has 0 unspecified atom stereocenters. The van der Waals surface area contributed by atoms with Crippen LogP contribution in [0.15, 0.2) is 47.4 Å². The molecule has 0 radical (unpaired) electrons. The van der Waals surface area contributed by atoms with Crippen molar-refractivity contribution in [2.45, 2.75) is 31.7 Å². The van der Waals surface area contributed by atoms with E-state index in [2.05, 4.69) is 10.0 Å². The summed E-state index contributed by atoms with van der Waals surface area (Å²) in [5, 5.41) is 2.67. The quantitative estimate of drug-likeness (QED) is 0.636. The first kappa shape index (κ1) is 22.4. The predicted octanol–water partition coefficient (Wildman–Crippen LogP) is 2.81. The van der Waals surface area contributed by atoms with E-state index >= 15 is 0 Å². The van der Waals surface area contributed by atoms with Gasteiger partial charge in [0, 0.05) is 17.3 Å². The molecule has 156 valence electrons. The van der Waals surface area contributed by atoms with Crippen LogP contribution >= 0.6 is 0 Å². The zero-order chi connectivity index (χ0) is 21.6. The molecule has 0 aliphatic carbocycles. The molecule has 0 saturated carbocycles. The molecule has 29 heavy (non-hydrogen) atoms. The van der Waals surface area contributed by atoms with Crippen LogP contribution in [0.1, 0.15) is 41.5 Å². The van der Waals surface area contributed by atoms with Crippen LogP contribution in [-0.4, -0.2) is 40.1 Å². The Morgan fingerprint density at radius 3 is 2.21 bits per heavy atom. The molecule has 0 bridgehead atoms. The molecule has 0 spiro atoms. The maximum Gasteiger partial charge on any atom is 0.338 e. The predicted molar refractivity (Wildman–Crippen MR) is 109 cm³/mol. The topological polar surface area (TPSA) is 111 Å². The molecule has 2 N–H and O–H groups in total. The van der Waals surface area contributed by atoms with Gasteiger partial charge in [-0.15, -0.1) is 0 Å². The number of carbonyl (C=O) groups excluding carboxylic acids is 2. The number of methoxy groups -OCH3 is 1. The summed E-state index contributed by atoms with van der Waals surface area (Å²) < 4.78 is 37.6. The highest BCUT2D eigenvalue weighted by Crippen LogP contribution is 2.25. The van der Waals surface area contributed by atoms with Crippen molar-refractivity contribution in [1.29, 1.82) is 0 Å². The fourth-order valence-electron chi connectivity index (χ4n) is 2.51. The number of hydrogen-bond acceptors (Lipinski definition) is 6. The molecule has 0 fully saturated rings. The van der Waals surface area contributed by atoms with E-state index in [4.69, 9.17) is 9.47 Å². The van der Waals surface area contributed by atoms with E-state index in [0.717, 1.165) is 0 Å². The number of anilines is 1. The van der Waals surface area contributed by atoms with Crippen LogP contribution < -0.4 is 14.8 Å². The van der Waals surface area contributed by atoms with E-state index in [1.165, 1.54) is 37.4 Å². The van der Waals surface area contributed by atoms with Gasteiger partial charge in [-0.25, -0.2) is 17.9 Å². The lowest BCUT2D eigenvalue weighted by Crippen LogP contribution is -2.30. The first-order chi connectivity index (χ1) is 13.7. The van der Waals surface area contributed by atoms with Crippen molar-refractivity contribution in [1.82, 2.24) is 4.72 Å². The van der Waals surface area contributed by atoms with Gasteiger partial charge in [-0.2, -0.15) is 0 Å². The number of sulfonamides is 1. The minimum Gasteiger partial charge on any atom is -0.495 e. The highest BCUT2D eigenvalue weighted by molar-refractivity contribution is 7.89. The molecule has 0 aliphatic heterocycles. The molecular weight excluding hydrogens is 396 g/mol. The van der Waals surface area contributed by atoms with Gasteiger partial charge in [0.25, 0.3) is 5.91 Å². The van der Waals surface area contributed by atoms with Gasteiger partial charge in [-0.3, -0.25) is 4.79 Å². The van der Waals surface area contributed by atoms with Gasteiger partial charge in [0.05, 0.1) is 19.3 Å². The largest absolute Gasteiger partial charge is 0.495 e. The molecule has 2 aromatic rings. The molecule has 9 heteroatoms. The molecule has 0 atom stereocenters. The summed E-state index contributed by atoms with van der Waals surface area (Å²) in [7, 11) is -2.50. The molecule has 0 heterocycles. The van der Waals surface area contributed by atoms with Crippen molar-refractivity contribution in [2.75, 3.05) is 19.0 Å². The molecule has 0 saturated heterocycles. The molecular formula is C20H24N2O6S. The minimum absolute atomic E-state index is 0.126. The third kappa shape index (κ3) is 5.78. The number of esters is 1. The van der Waals surface area contributed by atoms with E-state index in [0.29, 0.717) is 11.3 Å². The lowest BCUT2D eigenvalue weighted by Gasteiger charge is -2.14. The second kappa shape index (κ2) is 9.53. The monoisotopic (exact) mass is 420 g/mol. The minimum atomic E-state index is -3.86. The molecule has 2 rings (SSSR count). The number of carbonyl (C=O) groups is 2. The Bertz CT molecular complexity index is 985. The summed E-state index contributed by atoms with van der Waals surface area (Å²) in [6.07, 6.45) is 0. The number of nitrogens with one attached hydrogen (secondary N) is 2. The SMILES string of the molecule is CCOC(=O)c1ccc(NC(=O)c2ccc(OC)c(S(=O)(=O)NC(C)C)c2)cc1. The van der Waals surface area contributed by atoms with Crippen LogP contribution in [0.2, 0.25) is 0 Å². The summed E-state index contributed by atoms with van der Waals surface area (Å²) in [5.41, 5.74) is 0.954. The Hall–Kier alpha value is -2.91. The average molecular weight is 420 g/mol. The van der Waals surface area contributed by atoms with Crippen molar-refractivity contribution in [3.05, 3.63) is 53.6 Å². The maximum atomic E-state index is 12.6. The third-order valence-corrected chi connectivity index (χ3v) is 5.44. The summed E-state index contributed by atoms with van der Waals surface area (Å²) >= 11 is 0. The molecule has 2 aromatic carbocycles. The smallest absolute Gasteiger partial charge is 0.338 e. The summed E-state index contributed by atoms with van der Waals surface area (Å²) in [4.78, 5) is 24.1. The zero-order valence-electron chi connectivity index (χ0n) is 16.7. The van der Waals surface area contributed by atoms with Crippen LogP contribution in [0.25, 0.3) is 0 Å². The van der Waals surface area contributed by atoms with Gasteiger partial charge in [0.2, 0.25) is 10.0 Å². The Kier molecular flexibility index (Phi) is 7.35. The van der Waals surface area contributed by atoms with Crippen molar-refractivity contribution < 1.29 is 27.5 Å². The van der Waals surface area contributed by atoms with Crippen molar-refractivity contribution in [3.8, 4) is 5.75 Å². The normalized spacial score (nSPS) is 11.2. The lowest BCUT2D eigenvalue weighted by molar-refractivity contribution is 0.0526. The van der Waals surface area contributed by atoms with Gasteiger partial charge in [-0.05, 0) is 63.2 Å². The highest BCUT2D eigenvalue weighted by Gasteiger charge is 2.22. The number of benzene rings is 2. The second-order valence-corrected chi connectivity index (χ2v) is 8.08. The summed E-state index contributed by atoms with van der Waals surface area (Å²) in [5.74, 6) is -0.820. The maximum absolute atomic E-state index is 12.6. The van der Waals surface area contributed by atoms with Crippen molar-refractivity contribution in [2.24, 2.45) is 0 Å². The fourth-order valence-corrected chi connectivity index (χ4v) is 3.95. The third-order valence-electron chi connectivity index (χ3n) is 3.76. The van der Waals surface area contributed by atoms with Crippen LogP contribution in [0.5, 0.6) is 5.75 Å². The summed E-state index contributed by atoms with van der Waals surface area (Å²) in [6, 6.07) is 10.0. The van der Waals surface area contributed by atoms with E-state index in [9.17, 15) is 18.0 Å². The standard InChI is InChI=1S/C20H24N2O6S/c1-5-28-20(24)14-6-9-16(10-7-14)21-19(23)15-8-11-17(27-4)18(12-15)29(25,26)22-13(2)3/h6-13,22H,5H2,1-4H3,(H,21,23). The van der Waals surface area contributed by atoms with Crippen LogP contribution in [0.3, 0.4) is 0 Å². The van der Waals surface area contributed by atoms with Gasteiger partial charge in [0.15, 0.2) is 0 Å². The molecule has 0 aromatic heterocycles. The Morgan fingerprint density at radius 1 is 1.03 bits per heavy atom. The molecule has 0 aliphatic rings. The first-order valence-corrected chi connectivity index (χ1v) is 10.4. The second-order valence-electron chi connectivity index (χ2n) is 6.39. The number of rotatable bonds is 8. The van der Waals surface area contributed by atoms with Crippen LogP contribution in [0, 0.1) is 0 Å². The van der Waals surface area contributed by atoms with E-state index in [-0.39, 0.29) is 28.9 Å². The van der Waals surface area contributed by atoms with E-state index < -0.39 is 21.9 Å². The van der Waals surface area contributed by atoms with Gasteiger partial charge < -0.3 is 14.8 Å². The van der Waals surface area contributed by atoms with Crippen molar-refractivity contribution >= 4 is 27.6 Å². The molecule has 1 amide bonds. The first-order valence-electron chi connectivity index (χ1n) is 8.96. The fraction of sp³-hybridized carbons (Fsp3) is 0.300. The van der Waals surface area contributed by atoms with Crippen molar-refractivity contribution in [3.63, 3.8) is 0 Å². The Balaban J connectivity index is 2.25. The van der Waals surface area contributed by atoms with Gasteiger partial charge >= 0.3 is 5.97 Å². The number of ether oxygens (including phenoxy) is 2. The number of amides is 1. The van der Waals surface area contributed by atoms with Crippen LogP contribution in [0.4, 0.5) is 5.69 Å². The van der Waals surface area contributed by atoms with Gasteiger partial charge in [0.1, 0.15) is 10.6 Å². The van der Waals surface area contributed by atoms with Crippen LogP contribution in [-0.2, 0) is 14.8 Å². The lowest BCUT2D eigenvalue weighted by atomic mass is 10.1. The highest BCUT2D eigenvalue weighted by atomic mass is 32.2. The Morgan fingerprint density at radius 2 is 1.66 bits per heavy atom. The van der Waals surface area contributed by atoms with E-state index in [1.54, 1.807) is 32.9 Å².